The molecule has 0 unspecified atom stereocenters. The molecule has 4 nitrogen and oxygen atoms in total. The largest absolute Gasteiger partial charge is 0.457 e. The Labute approximate surface area is 116 Å². The normalized spacial score (nSPS) is 16.8. The minimum atomic E-state index is 0.0817. The summed E-state index contributed by atoms with van der Waals surface area (Å²) in [5.74, 6) is 0.0817. The first kappa shape index (κ1) is 13.6. The third-order valence-electron chi connectivity index (χ3n) is 3.29. The Bertz CT molecular complexity index is 399. The second kappa shape index (κ2) is 6.38. The van der Waals surface area contributed by atoms with Crippen LogP contribution in [0.1, 0.15) is 36.5 Å². The summed E-state index contributed by atoms with van der Waals surface area (Å²) in [4.78, 5) is 14.5. The van der Waals surface area contributed by atoms with Crippen LogP contribution in [-0.4, -0.2) is 36.5 Å². The summed E-state index contributed by atoms with van der Waals surface area (Å²) < 4.78 is 5.76. The maximum atomic E-state index is 12.5. The molecule has 1 aromatic heterocycles. The lowest BCUT2D eigenvalue weighted by Gasteiger charge is -2.34. The molecule has 0 bridgehead atoms. The molecule has 1 aromatic rings. The molecule has 0 radical (unpaired) electrons. The number of carbonyl (C=O) groups is 1. The predicted octanol–water partition coefficient (Wildman–Crippen LogP) is 2.65. The molecule has 0 aliphatic carbocycles. The number of carbonyl (C=O) groups excluding carboxylic acids is 1. The summed E-state index contributed by atoms with van der Waals surface area (Å²) in [7, 11) is 0. The van der Waals surface area contributed by atoms with Gasteiger partial charge in [-0.25, -0.2) is 0 Å². The Hall–Kier alpha value is -0.810. The van der Waals surface area contributed by atoms with Crippen molar-refractivity contribution < 1.29 is 9.21 Å². The molecule has 2 heterocycles. The van der Waals surface area contributed by atoms with Crippen LogP contribution >= 0.6 is 15.9 Å². The molecule has 0 saturated carbocycles. The molecular formula is C13H19BrN2O2. The zero-order valence-corrected chi connectivity index (χ0v) is 12.2. The Morgan fingerprint density at radius 3 is 2.83 bits per heavy atom. The van der Waals surface area contributed by atoms with Crippen LogP contribution in [-0.2, 0) is 0 Å². The summed E-state index contributed by atoms with van der Waals surface area (Å²) in [6, 6.07) is 2.10. The van der Waals surface area contributed by atoms with Crippen molar-refractivity contribution in [2.24, 2.45) is 0 Å². The van der Waals surface area contributed by atoms with Crippen molar-refractivity contribution in [3.8, 4) is 0 Å². The van der Waals surface area contributed by atoms with Gasteiger partial charge in [-0.3, -0.25) is 4.79 Å². The fourth-order valence-corrected chi connectivity index (χ4v) is 2.74. The lowest BCUT2D eigenvalue weighted by atomic mass is 10.0. The van der Waals surface area contributed by atoms with Crippen molar-refractivity contribution in [2.75, 3.05) is 19.6 Å². The Kier molecular flexibility index (Phi) is 4.83. The van der Waals surface area contributed by atoms with E-state index in [0.29, 0.717) is 16.3 Å². The topological polar surface area (TPSA) is 45.5 Å². The molecule has 18 heavy (non-hydrogen) atoms. The van der Waals surface area contributed by atoms with Crippen LogP contribution in [0.3, 0.4) is 0 Å². The molecule has 0 aromatic carbocycles. The Morgan fingerprint density at radius 1 is 1.56 bits per heavy atom. The standard InChI is InChI=1S/C13H19BrN2O2/c1-2-7-16(11-3-5-15-6-4-11)13(17)10-8-12(14)18-9-10/h8-9,11,15H,2-7H2,1H3. The molecule has 100 valence electrons. The van der Waals surface area contributed by atoms with Gasteiger partial charge in [0.05, 0.1) is 5.56 Å². The van der Waals surface area contributed by atoms with Gasteiger partial charge in [0.25, 0.3) is 5.91 Å². The van der Waals surface area contributed by atoms with Crippen molar-refractivity contribution in [3.63, 3.8) is 0 Å². The second-order valence-corrected chi connectivity index (χ2v) is 5.40. The first-order valence-corrected chi connectivity index (χ1v) is 7.27. The van der Waals surface area contributed by atoms with E-state index in [1.807, 2.05) is 4.90 Å². The van der Waals surface area contributed by atoms with Crippen LogP contribution in [0.25, 0.3) is 0 Å². The van der Waals surface area contributed by atoms with E-state index in [1.165, 1.54) is 6.26 Å². The van der Waals surface area contributed by atoms with Crippen LogP contribution < -0.4 is 5.32 Å². The van der Waals surface area contributed by atoms with Crippen LogP contribution in [0.5, 0.6) is 0 Å². The quantitative estimate of drug-likeness (QED) is 0.929. The number of hydrogen-bond acceptors (Lipinski definition) is 3. The van der Waals surface area contributed by atoms with Gasteiger partial charge in [-0.15, -0.1) is 0 Å². The molecule has 2 rings (SSSR count). The highest BCUT2D eigenvalue weighted by atomic mass is 79.9. The molecule has 1 amide bonds. The first-order valence-electron chi connectivity index (χ1n) is 6.48. The summed E-state index contributed by atoms with van der Waals surface area (Å²) >= 11 is 3.24. The smallest absolute Gasteiger partial charge is 0.257 e. The summed E-state index contributed by atoms with van der Waals surface area (Å²) in [6.45, 7) is 4.90. The van der Waals surface area contributed by atoms with Crippen LogP contribution in [0, 0.1) is 0 Å². The molecule has 1 saturated heterocycles. The predicted molar refractivity (Wildman–Crippen MR) is 73.6 cm³/mol. The van der Waals surface area contributed by atoms with Gasteiger partial charge in [0.15, 0.2) is 4.67 Å². The first-order chi connectivity index (χ1) is 8.72. The van der Waals surface area contributed by atoms with Crippen LogP contribution in [0.4, 0.5) is 0 Å². The minimum absolute atomic E-state index is 0.0817. The van der Waals surface area contributed by atoms with Gasteiger partial charge in [-0.2, -0.15) is 0 Å². The van der Waals surface area contributed by atoms with E-state index >= 15 is 0 Å². The fraction of sp³-hybridized carbons (Fsp3) is 0.615. The van der Waals surface area contributed by atoms with Gasteiger partial charge in [-0.1, -0.05) is 6.92 Å². The van der Waals surface area contributed by atoms with Gasteiger partial charge >= 0.3 is 0 Å². The van der Waals surface area contributed by atoms with Gasteiger partial charge in [0.1, 0.15) is 6.26 Å². The average molecular weight is 315 g/mol. The van der Waals surface area contributed by atoms with Gasteiger partial charge < -0.3 is 14.6 Å². The maximum absolute atomic E-state index is 12.5. The number of nitrogens with one attached hydrogen (secondary N) is 1. The molecule has 1 fully saturated rings. The van der Waals surface area contributed by atoms with E-state index < -0.39 is 0 Å². The van der Waals surface area contributed by atoms with Gasteiger partial charge in [0.2, 0.25) is 0 Å². The summed E-state index contributed by atoms with van der Waals surface area (Å²) in [5, 5.41) is 3.33. The van der Waals surface area contributed by atoms with E-state index in [4.69, 9.17) is 4.42 Å². The number of hydrogen-bond donors (Lipinski definition) is 1. The Morgan fingerprint density at radius 2 is 2.28 bits per heavy atom. The van der Waals surface area contributed by atoms with E-state index in [1.54, 1.807) is 6.07 Å². The van der Waals surface area contributed by atoms with Gasteiger partial charge in [-0.05, 0) is 48.3 Å². The average Bonchev–Trinajstić information content (AvgIpc) is 2.83. The molecule has 0 atom stereocenters. The summed E-state index contributed by atoms with van der Waals surface area (Å²) in [5.41, 5.74) is 0.633. The highest BCUT2D eigenvalue weighted by molar-refractivity contribution is 9.10. The van der Waals surface area contributed by atoms with E-state index in [2.05, 4.69) is 28.2 Å². The highest BCUT2D eigenvalue weighted by Gasteiger charge is 2.26. The van der Waals surface area contributed by atoms with E-state index in [0.717, 1.165) is 38.9 Å². The number of amides is 1. The maximum Gasteiger partial charge on any atom is 0.257 e. The zero-order chi connectivity index (χ0) is 13.0. The molecule has 0 spiro atoms. The van der Waals surface area contributed by atoms with Crippen LogP contribution in [0.15, 0.2) is 21.4 Å². The van der Waals surface area contributed by atoms with Crippen LogP contribution in [0.2, 0.25) is 0 Å². The van der Waals surface area contributed by atoms with E-state index in [9.17, 15) is 4.79 Å². The van der Waals surface area contributed by atoms with Gasteiger partial charge in [0, 0.05) is 18.7 Å². The van der Waals surface area contributed by atoms with E-state index in [-0.39, 0.29) is 5.91 Å². The fourth-order valence-electron chi connectivity index (χ4n) is 2.40. The number of halogens is 1. The van der Waals surface area contributed by atoms with Crippen molar-refractivity contribution in [2.45, 2.75) is 32.2 Å². The third kappa shape index (κ3) is 3.14. The molecule has 1 aliphatic rings. The minimum Gasteiger partial charge on any atom is -0.457 e. The third-order valence-corrected chi connectivity index (χ3v) is 3.71. The second-order valence-electron chi connectivity index (χ2n) is 4.62. The molecule has 1 aliphatic heterocycles. The number of rotatable bonds is 4. The summed E-state index contributed by atoms with van der Waals surface area (Å²) in [6.07, 6.45) is 4.57. The molecule has 5 heteroatoms. The lowest BCUT2D eigenvalue weighted by Crippen LogP contribution is -2.46. The number of furan rings is 1. The molecular weight excluding hydrogens is 296 g/mol. The monoisotopic (exact) mass is 314 g/mol. The lowest BCUT2D eigenvalue weighted by molar-refractivity contribution is 0.0642. The van der Waals surface area contributed by atoms with Crippen molar-refractivity contribution in [1.82, 2.24) is 10.2 Å². The van der Waals surface area contributed by atoms with Crippen molar-refractivity contribution in [1.29, 1.82) is 0 Å². The number of piperidine rings is 1. The molecule has 1 N–H and O–H groups in total. The van der Waals surface area contributed by atoms with Crippen molar-refractivity contribution >= 4 is 21.8 Å². The number of nitrogens with zero attached hydrogens (tertiary/aromatic N) is 1. The zero-order valence-electron chi connectivity index (χ0n) is 10.6. The Balaban J connectivity index is 2.10. The van der Waals surface area contributed by atoms with Crippen molar-refractivity contribution in [3.05, 3.63) is 22.6 Å². The highest BCUT2D eigenvalue weighted by Crippen LogP contribution is 2.20. The SMILES string of the molecule is CCCN(C(=O)c1coc(Br)c1)C1CCNCC1.